The topological polar surface area (TPSA) is 132 Å². The first-order valence-electron chi connectivity index (χ1n) is 10.9. The molecule has 0 spiro atoms. The Morgan fingerprint density at radius 3 is 2.51 bits per heavy atom. The summed E-state index contributed by atoms with van der Waals surface area (Å²) in [6.07, 6.45) is 1.93. The predicted molar refractivity (Wildman–Crippen MR) is 119 cm³/mol. The Balaban J connectivity index is 0.000000479. The Morgan fingerprint density at radius 2 is 1.89 bits per heavy atom. The van der Waals surface area contributed by atoms with Gasteiger partial charge in [-0.15, -0.1) is 5.10 Å². The Hall–Kier alpha value is -4.17. The summed E-state index contributed by atoms with van der Waals surface area (Å²) < 4.78 is 61.2. The lowest BCUT2D eigenvalue weighted by molar-refractivity contribution is -0.192. The van der Waals surface area contributed by atoms with E-state index >= 15 is 0 Å². The number of rotatable bonds is 2. The number of anilines is 1. The summed E-state index contributed by atoms with van der Waals surface area (Å²) in [7, 11) is 0. The first-order valence-corrected chi connectivity index (χ1v) is 10.9. The van der Waals surface area contributed by atoms with Crippen LogP contribution in [0.3, 0.4) is 0 Å². The second-order valence-corrected chi connectivity index (χ2v) is 8.03. The van der Waals surface area contributed by atoms with Crippen LogP contribution >= 0.6 is 0 Å². The number of nitrogens with zero attached hydrogens (tertiary/aromatic N) is 5. The highest BCUT2D eigenvalue weighted by Gasteiger charge is 2.38. The summed E-state index contributed by atoms with van der Waals surface area (Å²) in [5.41, 5.74) is 0.746. The second-order valence-electron chi connectivity index (χ2n) is 8.03. The van der Waals surface area contributed by atoms with Gasteiger partial charge in [0.25, 0.3) is 5.56 Å². The maximum Gasteiger partial charge on any atom is 0.490 e. The zero-order valence-electron chi connectivity index (χ0n) is 19.2. The molecule has 3 aromatic heterocycles. The van der Waals surface area contributed by atoms with E-state index in [2.05, 4.69) is 20.4 Å². The van der Waals surface area contributed by atoms with Crippen LogP contribution in [-0.4, -0.2) is 47.5 Å². The van der Waals surface area contributed by atoms with Gasteiger partial charge in [-0.25, -0.2) is 14.3 Å². The van der Waals surface area contributed by atoms with Crippen molar-refractivity contribution in [2.45, 2.75) is 45.3 Å². The number of aromatic nitrogens is 5. The lowest BCUT2D eigenvalue weighted by atomic mass is 9.99. The molecule has 0 aromatic carbocycles. The van der Waals surface area contributed by atoms with Crippen molar-refractivity contribution < 1.29 is 36.6 Å². The van der Waals surface area contributed by atoms with Crippen molar-refractivity contribution in [3.8, 4) is 17.1 Å². The van der Waals surface area contributed by atoms with Crippen LogP contribution in [0.4, 0.5) is 27.6 Å². The predicted octanol–water partition coefficient (Wildman–Crippen LogP) is 3.82. The molecule has 0 saturated heterocycles. The van der Waals surface area contributed by atoms with Crippen molar-refractivity contribution in [3.63, 3.8) is 0 Å². The molecule has 198 valence electrons. The van der Waals surface area contributed by atoms with Crippen molar-refractivity contribution in [2.75, 3.05) is 5.32 Å². The summed E-state index contributed by atoms with van der Waals surface area (Å²) >= 11 is 0. The molecule has 1 aliphatic heterocycles. The minimum atomic E-state index is -5.08. The number of carboxylic acids is 1. The average Bonchev–Trinajstić information content (AvgIpc) is 3.20. The smallest absolute Gasteiger partial charge is 0.475 e. The van der Waals surface area contributed by atoms with E-state index in [1.54, 1.807) is 25.3 Å². The van der Waals surface area contributed by atoms with Gasteiger partial charge in [-0.1, -0.05) is 13.3 Å². The summed E-state index contributed by atoms with van der Waals surface area (Å²) in [6, 6.07) is 4.49. The zero-order chi connectivity index (χ0) is 27.3. The molecule has 4 heterocycles. The van der Waals surface area contributed by atoms with Crippen LogP contribution in [0, 0.1) is 5.92 Å². The molecule has 0 radical (unpaired) electrons. The summed E-state index contributed by atoms with van der Waals surface area (Å²) in [5.74, 6) is -3.53. The van der Waals surface area contributed by atoms with Gasteiger partial charge in [0.15, 0.2) is 5.82 Å². The van der Waals surface area contributed by atoms with Gasteiger partial charge in [0.2, 0.25) is 5.91 Å². The number of hydrogen-bond acceptors (Lipinski definition) is 6. The van der Waals surface area contributed by atoms with Crippen LogP contribution < -0.4 is 10.9 Å². The SMILES string of the molecule is CC1CCCCc2cc(ccn2)-c2c(c(-n3cnccc3=O)nn2C(F)F)NC1=O.O=C(O)C(F)(F)F. The van der Waals surface area contributed by atoms with Crippen molar-refractivity contribution in [1.29, 1.82) is 0 Å². The van der Waals surface area contributed by atoms with E-state index in [0.717, 1.165) is 23.1 Å². The van der Waals surface area contributed by atoms with E-state index in [4.69, 9.17) is 9.90 Å². The number of halogens is 5. The first kappa shape index (κ1) is 27.4. The van der Waals surface area contributed by atoms with Crippen LogP contribution in [0.15, 0.2) is 41.7 Å². The van der Waals surface area contributed by atoms with Gasteiger partial charge in [-0.2, -0.15) is 26.6 Å². The number of alkyl halides is 5. The zero-order valence-corrected chi connectivity index (χ0v) is 19.2. The molecule has 1 atom stereocenters. The number of aliphatic carboxylic acids is 1. The quantitative estimate of drug-likeness (QED) is 0.484. The molecule has 2 bridgehead atoms. The maximum absolute atomic E-state index is 13.9. The van der Waals surface area contributed by atoms with E-state index in [1.165, 1.54) is 18.6 Å². The van der Waals surface area contributed by atoms with Gasteiger partial charge in [-0.3, -0.25) is 14.6 Å². The second kappa shape index (κ2) is 11.3. The van der Waals surface area contributed by atoms with Crippen molar-refractivity contribution >= 4 is 17.6 Å². The molecule has 0 fully saturated rings. The molecule has 0 aliphatic carbocycles. The van der Waals surface area contributed by atoms with Crippen molar-refractivity contribution in [3.05, 3.63) is 53.0 Å². The molecule has 1 aliphatic rings. The maximum atomic E-state index is 13.9. The normalized spacial score (nSPS) is 16.0. The number of aryl methyl sites for hydroxylation is 1. The third-order valence-corrected chi connectivity index (χ3v) is 5.38. The molecule has 15 heteroatoms. The fourth-order valence-electron chi connectivity index (χ4n) is 3.53. The Kier molecular flexibility index (Phi) is 8.35. The van der Waals surface area contributed by atoms with Gasteiger partial charge in [-0.05, 0) is 31.4 Å². The number of carbonyl (C=O) groups excluding carboxylic acids is 1. The molecule has 37 heavy (non-hydrogen) atoms. The monoisotopic (exact) mass is 528 g/mol. The van der Waals surface area contributed by atoms with Crippen LogP contribution in [0.1, 0.15) is 38.4 Å². The van der Waals surface area contributed by atoms with E-state index in [-0.39, 0.29) is 29.0 Å². The third-order valence-electron chi connectivity index (χ3n) is 5.38. The lowest BCUT2D eigenvalue weighted by Gasteiger charge is -2.16. The number of pyridine rings is 1. The van der Waals surface area contributed by atoms with E-state index < -0.39 is 24.3 Å². The van der Waals surface area contributed by atoms with Gasteiger partial charge < -0.3 is 10.4 Å². The van der Waals surface area contributed by atoms with E-state index in [0.29, 0.717) is 23.1 Å². The minimum absolute atomic E-state index is 0.0144. The lowest BCUT2D eigenvalue weighted by Crippen LogP contribution is -2.23. The summed E-state index contributed by atoms with van der Waals surface area (Å²) in [6.45, 7) is -1.20. The molecular formula is C22H21F5N6O4. The fraction of sp³-hybridized carbons (Fsp3) is 0.364. The molecule has 2 N–H and O–H groups in total. The Morgan fingerprint density at radius 1 is 1.19 bits per heavy atom. The number of hydrogen-bond donors (Lipinski definition) is 2. The molecule has 0 saturated carbocycles. The van der Waals surface area contributed by atoms with Crippen LogP contribution in [0.2, 0.25) is 0 Å². The number of fused-ring (bicyclic) bond motifs is 4. The molecule has 1 unspecified atom stereocenters. The molecule has 4 rings (SSSR count). The largest absolute Gasteiger partial charge is 0.490 e. The molecular weight excluding hydrogens is 507 g/mol. The number of nitrogens with one attached hydrogen (secondary N) is 1. The summed E-state index contributed by atoms with van der Waals surface area (Å²) in [4.78, 5) is 42.3. The van der Waals surface area contributed by atoms with E-state index in [9.17, 15) is 31.5 Å². The number of amides is 1. The van der Waals surface area contributed by atoms with Crippen molar-refractivity contribution in [1.82, 2.24) is 24.3 Å². The van der Waals surface area contributed by atoms with Gasteiger partial charge in [0.1, 0.15) is 17.7 Å². The highest BCUT2D eigenvalue weighted by Crippen LogP contribution is 2.36. The molecule has 1 amide bonds. The number of carboxylic acid groups (broad SMARTS) is 1. The van der Waals surface area contributed by atoms with Gasteiger partial charge in [0.05, 0.1) is 0 Å². The van der Waals surface area contributed by atoms with E-state index in [1.807, 2.05) is 0 Å². The average molecular weight is 528 g/mol. The third kappa shape index (κ3) is 6.54. The Labute approximate surface area is 205 Å². The van der Waals surface area contributed by atoms with Gasteiger partial charge >= 0.3 is 18.7 Å². The highest BCUT2D eigenvalue weighted by atomic mass is 19.4. The molecule has 3 aromatic rings. The van der Waals surface area contributed by atoms with Crippen molar-refractivity contribution in [2.24, 2.45) is 5.92 Å². The van der Waals surface area contributed by atoms with Crippen LogP contribution in [-0.2, 0) is 16.0 Å². The number of carbonyl (C=O) groups is 2. The van der Waals surface area contributed by atoms with Crippen LogP contribution in [0.5, 0.6) is 0 Å². The molecule has 10 nitrogen and oxygen atoms in total. The van der Waals surface area contributed by atoms with Gasteiger partial charge in [0, 0.05) is 35.6 Å². The summed E-state index contributed by atoms with van der Waals surface area (Å²) in [5, 5.41) is 13.8. The standard InChI is InChI=1S/C20H20F2N6O2.C2HF3O2/c1-12-4-2-3-5-14-10-13(6-9-24-14)17-16(25-19(12)30)18(26-28(17)20(21)22)27-11-23-8-7-15(27)29;3-2(4,5)1(6)7/h6-12,20H,2-5H2,1H3,(H,25,30);(H,6,7). The highest BCUT2D eigenvalue weighted by molar-refractivity contribution is 5.98. The Bertz CT molecular complexity index is 1340. The first-order chi connectivity index (χ1) is 17.4. The minimum Gasteiger partial charge on any atom is -0.475 e. The fourth-order valence-corrected chi connectivity index (χ4v) is 3.53. The van der Waals surface area contributed by atoms with Crippen LogP contribution in [0.25, 0.3) is 17.1 Å².